The Hall–Kier alpha value is -0.440. The minimum atomic E-state index is 0. The van der Waals surface area contributed by atoms with E-state index >= 15 is 0 Å². The first-order valence-corrected chi connectivity index (χ1v) is 9.47. The summed E-state index contributed by atoms with van der Waals surface area (Å²) in [6.07, 6.45) is 6.44. The largest absolute Gasteiger partial charge is 0.357 e. The predicted octanol–water partition coefficient (Wildman–Crippen LogP) is 3.11. The Balaban J connectivity index is 0.00000264. The van der Waals surface area contributed by atoms with E-state index in [2.05, 4.69) is 41.0 Å². The van der Waals surface area contributed by atoms with Crippen molar-refractivity contribution in [2.45, 2.75) is 52.7 Å². The van der Waals surface area contributed by atoms with Gasteiger partial charge in [-0.3, -0.25) is 0 Å². The molecule has 0 spiro atoms. The first-order chi connectivity index (χ1) is 10.7. The van der Waals surface area contributed by atoms with E-state index in [1.54, 1.807) is 0 Å². The Morgan fingerprint density at radius 2 is 2.35 bits per heavy atom. The second-order valence-electron chi connectivity index (χ2n) is 6.14. The second kappa shape index (κ2) is 11.2. The highest BCUT2D eigenvalue weighted by Crippen LogP contribution is 2.16. The minimum absolute atomic E-state index is 0. The van der Waals surface area contributed by atoms with Gasteiger partial charge in [-0.05, 0) is 31.4 Å². The lowest BCUT2D eigenvalue weighted by Gasteiger charge is -2.24. The van der Waals surface area contributed by atoms with Crippen molar-refractivity contribution in [1.29, 1.82) is 0 Å². The van der Waals surface area contributed by atoms with Crippen LogP contribution in [0.2, 0.25) is 0 Å². The number of nitrogens with zero attached hydrogens (tertiary/aromatic N) is 3. The fraction of sp³-hybridized carbons (Fsp3) is 0.750. The maximum Gasteiger partial charge on any atom is 0.191 e. The van der Waals surface area contributed by atoms with Gasteiger partial charge in [0, 0.05) is 37.3 Å². The molecule has 23 heavy (non-hydrogen) atoms. The monoisotopic (exact) mass is 451 g/mol. The Morgan fingerprint density at radius 1 is 1.52 bits per heavy atom. The average Bonchev–Trinajstić information content (AvgIpc) is 2.92. The maximum absolute atomic E-state index is 4.72. The number of aliphatic imine (C=N–C) groups is 1. The number of imidazole rings is 1. The third-order valence-electron chi connectivity index (χ3n) is 3.59. The van der Waals surface area contributed by atoms with Crippen molar-refractivity contribution in [2.24, 2.45) is 10.9 Å². The topological polar surface area (TPSA) is 54.2 Å². The molecule has 0 aliphatic carbocycles. The quantitative estimate of drug-likeness (QED) is 0.397. The summed E-state index contributed by atoms with van der Waals surface area (Å²) in [7, 11) is 0. The lowest BCUT2D eigenvalue weighted by Crippen LogP contribution is -2.45. The Morgan fingerprint density at radius 3 is 3.00 bits per heavy atom. The fourth-order valence-corrected chi connectivity index (χ4v) is 3.64. The van der Waals surface area contributed by atoms with E-state index in [0.29, 0.717) is 18.5 Å². The van der Waals surface area contributed by atoms with Crippen LogP contribution in [0.1, 0.15) is 39.4 Å². The number of rotatable bonds is 6. The highest BCUT2D eigenvalue weighted by atomic mass is 127. The van der Waals surface area contributed by atoms with Crippen LogP contribution in [0, 0.1) is 5.92 Å². The van der Waals surface area contributed by atoms with Crippen molar-refractivity contribution >= 4 is 41.7 Å². The molecule has 5 nitrogen and oxygen atoms in total. The van der Waals surface area contributed by atoms with Crippen LogP contribution in [0.15, 0.2) is 17.4 Å². The van der Waals surface area contributed by atoms with Gasteiger partial charge in [-0.1, -0.05) is 13.8 Å². The van der Waals surface area contributed by atoms with Crippen LogP contribution in [0.5, 0.6) is 0 Å². The molecule has 1 atom stereocenters. The average molecular weight is 451 g/mol. The number of nitrogens with one attached hydrogen (secondary N) is 2. The van der Waals surface area contributed by atoms with Crippen molar-refractivity contribution in [3.8, 4) is 0 Å². The molecule has 0 bridgehead atoms. The minimum Gasteiger partial charge on any atom is -0.357 e. The van der Waals surface area contributed by atoms with Crippen LogP contribution in [0.3, 0.4) is 0 Å². The van der Waals surface area contributed by atoms with E-state index in [1.807, 2.05) is 24.2 Å². The van der Waals surface area contributed by atoms with Gasteiger partial charge in [0.25, 0.3) is 0 Å². The lowest BCUT2D eigenvalue weighted by atomic mass is 10.2. The Kier molecular flexibility index (Phi) is 10.0. The summed E-state index contributed by atoms with van der Waals surface area (Å²) < 4.78 is 2.20. The van der Waals surface area contributed by atoms with E-state index in [-0.39, 0.29) is 24.0 Å². The standard InChI is InChI=1S/C16H29N5S.HI/c1-4-17-16(20-14-6-5-9-22-12-14)19-10-15-18-7-8-21(15)11-13(2)3;/h7-8,13-14H,4-6,9-12H2,1-3H3,(H2,17,19,20);1H. The molecule has 1 fully saturated rings. The van der Waals surface area contributed by atoms with E-state index in [9.17, 15) is 0 Å². The summed E-state index contributed by atoms with van der Waals surface area (Å²) in [5.74, 6) is 5.02. The van der Waals surface area contributed by atoms with Crippen LogP contribution in [0.25, 0.3) is 0 Å². The van der Waals surface area contributed by atoms with Gasteiger partial charge in [0.2, 0.25) is 0 Å². The molecule has 1 aliphatic heterocycles. The highest BCUT2D eigenvalue weighted by molar-refractivity contribution is 14.0. The van der Waals surface area contributed by atoms with Crippen molar-refractivity contribution < 1.29 is 0 Å². The number of thioether (sulfide) groups is 1. The third kappa shape index (κ3) is 7.32. The molecule has 1 unspecified atom stereocenters. The predicted molar refractivity (Wildman–Crippen MR) is 111 cm³/mol. The van der Waals surface area contributed by atoms with E-state index in [0.717, 1.165) is 24.9 Å². The molecule has 0 radical (unpaired) electrons. The van der Waals surface area contributed by atoms with E-state index < -0.39 is 0 Å². The summed E-state index contributed by atoms with van der Waals surface area (Å²) in [6, 6.07) is 0.534. The molecule has 1 saturated heterocycles. The molecule has 7 heteroatoms. The number of hydrogen-bond donors (Lipinski definition) is 2. The molecule has 0 aromatic carbocycles. The summed E-state index contributed by atoms with van der Waals surface area (Å²) >= 11 is 2.03. The molecule has 0 saturated carbocycles. The molecule has 1 aromatic rings. The lowest BCUT2D eigenvalue weighted by molar-refractivity contribution is 0.507. The number of guanidine groups is 1. The zero-order valence-corrected chi connectivity index (χ0v) is 17.6. The third-order valence-corrected chi connectivity index (χ3v) is 4.80. The molecular formula is C16H30IN5S. The van der Waals surface area contributed by atoms with Gasteiger partial charge in [0.05, 0.1) is 0 Å². The van der Waals surface area contributed by atoms with Crippen LogP contribution >= 0.6 is 35.7 Å². The molecule has 132 valence electrons. The summed E-state index contributed by atoms with van der Waals surface area (Å²) in [5, 5.41) is 6.91. The fourth-order valence-electron chi connectivity index (χ4n) is 2.57. The maximum atomic E-state index is 4.72. The van der Waals surface area contributed by atoms with Gasteiger partial charge in [-0.15, -0.1) is 24.0 Å². The van der Waals surface area contributed by atoms with Gasteiger partial charge in [-0.25, -0.2) is 9.98 Å². The van der Waals surface area contributed by atoms with Gasteiger partial charge < -0.3 is 15.2 Å². The van der Waals surface area contributed by atoms with E-state index in [4.69, 9.17) is 4.99 Å². The van der Waals surface area contributed by atoms with E-state index in [1.165, 1.54) is 24.3 Å². The molecule has 1 aliphatic rings. The van der Waals surface area contributed by atoms with Crippen LogP contribution in [-0.4, -0.2) is 39.6 Å². The first kappa shape index (κ1) is 20.6. The van der Waals surface area contributed by atoms with Crippen molar-refractivity contribution in [3.05, 3.63) is 18.2 Å². The number of hydrogen-bond acceptors (Lipinski definition) is 3. The highest BCUT2D eigenvalue weighted by Gasteiger charge is 2.15. The summed E-state index contributed by atoms with van der Waals surface area (Å²) in [6.45, 7) is 9.04. The van der Waals surface area contributed by atoms with Crippen molar-refractivity contribution in [2.75, 3.05) is 18.1 Å². The molecule has 0 amide bonds. The Labute approximate surface area is 161 Å². The van der Waals surface area contributed by atoms with Crippen LogP contribution in [0.4, 0.5) is 0 Å². The normalized spacial score (nSPS) is 18.6. The van der Waals surface area contributed by atoms with Crippen molar-refractivity contribution in [1.82, 2.24) is 20.2 Å². The van der Waals surface area contributed by atoms with Gasteiger partial charge in [0.15, 0.2) is 5.96 Å². The van der Waals surface area contributed by atoms with Crippen LogP contribution in [-0.2, 0) is 13.1 Å². The first-order valence-electron chi connectivity index (χ1n) is 8.31. The summed E-state index contributed by atoms with van der Waals surface area (Å²) in [4.78, 5) is 9.16. The zero-order valence-electron chi connectivity index (χ0n) is 14.4. The molecule has 2 N–H and O–H groups in total. The number of aromatic nitrogens is 2. The number of halogens is 1. The SMILES string of the molecule is CCNC(=NCc1nccn1CC(C)C)NC1CCCSC1.I. The van der Waals surface area contributed by atoms with Crippen molar-refractivity contribution in [3.63, 3.8) is 0 Å². The smallest absolute Gasteiger partial charge is 0.191 e. The van der Waals surface area contributed by atoms with Gasteiger partial charge >= 0.3 is 0 Å². The molecule has 1 aromatic heterocycles. The van der Waals surface area contributed by atoms with Crippen LogP contribution < -0.4 is 10.6 Å². The Bertz CT molecular complexity index is 469. The van der Waals surface area contributed by atoms with Gasteiger partial charge in [0.1, 0.15) is 12.4 Å². The molecule has 2 rings (SSSR count). The molecular weight excluding hydrogens is 421 g/mol. The summed E-state index contributed by atoms with van der Waals surface area (Å²) in [5.41, 5.74) is 0. The molecule has 2 heterocycles. The van der Waals surface area contributed by atoms with Gasteiger partial charge in [-0.2, -0.15) is 11.8 Å². The second-order valence-corrected chi connectivity index (χ2v) is 7.29. The zero-order chi connectivity index (χ0) is 15.8.